The third kappa shape index (κ3) is 3.61. The van der Waals surface area contributed by atoms with Gasteiger partial charge in [-0.2, -0.15) is 5.48 Å². The predicted molar refractivity (Wildman–Crippen MR) is 67.0 cm³/mol. The molecule has 1 atom stereocenters. The maximum atomic E-state index is 13.0. The molecule has 1 aromatic heterocycles. The smallest absolute Gasteiger partial charge is 0.141 e. The van der Waals surface area contributed by atoms with Crippen molar-refractivity contribution in [1.82, 2.24) is 10.5 Å². The number of hydrogen-bond acceptors (Lipinski definition) is 3. The maximum absolute atomic E-state index is 13.0. The summed E-state index contributed by atoms with van der Waals surface area (Å²) in [6, 6.07) is 11.2. The van der Waals surface area contributed by atoms with E-state index in [2.05, 4.69) is 10.5 Å². The van der Waals surface area contributed by atoms with Crippen molar-refractivity contribution in [3.8, 4) is 0 Å². The van der Waals surface area contributed by atoms with E-state index in [1.165, 1.54) is 12.3 Å². The molecule has 0 radical (unpaired) electrons. The van der Waals surface area contributed by atoms with Gasteiger partial charge < -0.3 is 0 Å². The summed E-state index contributed by atoms with van der Waals surface area (Å²) in [5, 5.41) is 0. The largest absolute Gasteiger partial charge is 0.296 e. The molecular formula is C14H15FN2O. The molecule has 0 saturated heterocycles. The summed E-state index contributed by atoms with van der Waals surface area (Å²) in [5.41, 5.74) is 4.70. The zero-order chi connectivity index (χ0) is 12.8. The number of rotatable bonds is 5. The van der Waals surface area contributed by atoms with Gasteiger partial charge in [-0.15, -0.1) is 0 Å². The van der Waals surface area contributed by atoms with E-state index in [1.54, 1.807) is 6.20 Å². The van der Waals surface area contributed by atoms with Crippen LogP contribution in [0.3, 0.4) is 0 Å². The molecule has 0 aliphatic rings. The van der Waals surface area contributed by atoms with Crippen molar-refractivity contribution in [2.45, 2.75) is 19.6 Å². The second-order valence-corrected chi connectivity index (χ2v) is 4.05. The van der Waals surface area contributed by atoms with E-state index in [0.717, 1.165) is 11.1 Å². The Morgan fingerprint density at radius 2 is 2.06 bits per heavy atom. The second kappa shape index (κ2) is 6.23. The molecule has 3 nitrogen and oxygen atoms in total. The third-order valence-electron chi connectivity index (χ3n) is 2.57. The van der Waals surface area contributed by atoms with Gasteiger partial charge in [0.15, 0.2) is 0 Å². The molecule has 0 saturated carbocycles. The Balaban J connectivity index is 1.83. The van der Waals surface area contributed by atoms with Crippen molar-refractivity contribution in [3.05, 3.63) is 65.7 Å². The quantitative estimate of drug-likeness (QED) is 0.823. The van der Waals surface area contributed by atoms with Crippen LogP contribution < -0.4 is 5.48 Å². The minimum Gasteiger partial charge on any atom is -0.296 e. The molecular weight excluding hydrogens is 231 g/mol. The Morgan fingerprint density at radius 3 is 2.78 bits per heavy atom. The predicted octanol–water partition coefficient (Wildman–Crippen LogP) is 3.00. The van der Waals surface area contributed by atoms with Crippen molar-refractivity contribution in [2.24, 2.45) is 0 Å². The van der Waals surface area contributed by atoms with Gasteiger partial charge in [-0.3, -0.25) is 9.82 Å². The van der Waals surface area contributed by atoms with Gasteiger partial charge in [0.2, 0.25) is 0 Å². The van der Waals surface area contributed by atoms with E-state index in [-0.39, 0.29) is 11.9 Å². The molecule has 94 valence electrons. The van der Waals surface area contributed by atoms with Crippen LogP contribution in [0.25, 0.3) is 0 Å². The number of nitrogens with one attached hydrogen (secondary N) is 1. The number of aromatic nitrogens is 1. The van der Waals surface area contributed by atoms with Gasteiger partial charge in [0.25, 0.3) is 0 Å². The van der Waals surface area contributed by atoms with E-state index >= 15 is 0 Å². The SMILES string of the molecule is CC(NOCc1ccccc1)c1cncc(F)c1. The standard InChI is InChI=1S/C14H15FN2O/c1-11(13-7-14(15)9-16-8-13)17-18-10-12-5-3-2-4-6-12/h2-9,11,17H,10H2,1H3. The van der Waals surface area contributed by atoms with Gasteiger partial charge in [0, 0.05) is 6.20 Å². The Hall–Kier alpha value is -1.78. The molecule has 4 heteroatoms. The average molecular weight is 246 g/mol. The molecule has 0 bridgehead atoms. The zero-order valence-corrected chi connectivity index (χ0v) is 10.1. The average Bonchev–Trinajstić information content (AvgIpc) is 2.40. The van der Waals surface area contributed by atoms with Crippen molar-refractivity contribution in [2.75, 3.05) is 0 Å². The molecule has 0 aliphatic heterocycles. The lowest BCUT2D eigenvalue weighted by Gasteiger charge is -2.13. The minimum absolute atomic E-state index is 0.114. The van der Waals surface area contributed by atoms with Crippen molar-refractivity contribution in [3.63, 3.8) is 0 Å². The maximum Gasteiger partial charge on any atom is 0.141 e. The monoisotopic (exact) mass is 246 g/mol. The molecule has 0 amide bonds. The fourth-order valence-corrected chi connectivity index (χ4v) is 1.56. The number of benzene rings is 1. The summed E-state index contributed by atoms with van der Waals surface area (Å²) in [6.45, 7) is 2.36. The number of pyridine rings is 1. The minimum atomic E-state index is -0.343. The Kier molecular flexibility index (Phi) is 4.39. The first-order chi connectivity index (χ1) is 8.75. The summed E-state index contributed by atoms with van der Waals surface area (Å²) in [5.74, 6) is -0.343. The van der Waals surface area contributed by atoms with Crippen LogP contribution in [0.2, 0.25) is 0 Å². The van der Waals surface area contributed by atoms with E-state index in [1.807, 2.05) is 37.3 Å². The molecule has 0 fully saturated rings. The molecule has 18 heavy (non-hydrogen) atoms. The van der Waals surface area contributed by atoms with Crippen LogP contribution in [0, 0.1) is 5.82 Å². The molecule has 0 spiro atoms. The van der Waals surface area contributed by atoms with Crippen LogP contribution in [0.15, 0.2) is 48.8 Å². The highest BCUT2D eigenvalue weighted by Crippen LogP contribution is 2.12. The highest BCUT2D eigenvalue weighted by atomic mass is 19.1. The lowest BCUT2D eigenvalue weighted by Crippen LogP contribution is -2.19. The summed E-state index contributed by atoms with van der Waals surface area (Å²) < 4.78 is 13.0. The van der Waals surface area contributed by atoms with Gasteiger partial charge in [-0.25, -0.2) is 4.39 Å². The Labute approximate surface area is 106 Å². The third-order valence-corrected chi connectivity index (χ3v) is 2.57. The van der Waals surface area contributed by atoms with Gasteiger partial charge in [-0.05, 0) is 24.1 Å². The first-order valence-corrected chi connectivity index (χ1v) is 5.77. The molecule has 2 aromatic rings. The van der Waals surface area contributed by atoms with Gasteiger partial charge in [0.1, 0.15) is 5.82 Å². The van der Waals surface area contributed by atoms with E-state index < -0.39 is 0 Å². The molecule has 1 heterocycles. The van der Waals surface area contributed by atoms with Crippen LogP contribution in [0.1, 0.15) is 24.1 Å². The molecule has 0 aliphatic carbocycles. The Morgan fingerprint density at radius 1 is 1.28 bits per heavy atom. The summed E-state index contributed by atoms with van der Waals surface area (Å²) in [4.78, 5) is 9.18. The Bertz CT molecular complexity index is 490. The van der Waals surface area contributed by atoms with Crippen molar-refractivity contribution >= 4 is 0 Å². The number of hydroxylamine groups is 1. The van der Waals surface area contributed by atoms with Crippen LogP contribution in [0.4, 0.5) is 4.39 Å². The summed E-state index contributed by atoms with van der Waals surface area (Å²) in [6.07, 6.45) is 2.80. The zero-order valence-electron chi connectivity index (χ0n) is 10.1. The lowest BCUT2D eigenvalue weighted by molar-refractivity contribution is 0.00686. The molecule has 2 rings (SSSR count). The highest BCUT2D eigenvalue weighted by molar-refractivity contribution is 5.14. The van der Waals surface area contributed by atoms with E-state index in [4.69, 9.17) is 4.84 Å². The fourth-order valence-electron chi connectivity index (χ4n) is 1.56. The summed E-state index contributed by atoms with van der Waals surface area (Å²) >= 11 is 0. The topological polar surface area (TPSA) is 34.1 Å². The van der Waals surface area contributed by atoms with Crippen molar-refractivity contribution in [1.29, 1.82) is 0 Å². The van der Waals surface area contributed by atoms with Crippen LogP contribution in [-0.4, -0.2) is 4.98 Å². The lowest BCUT2D eigenvalue weighted by atomic mass is 10.1. The van der Waals surface area contributed by atoms with E-state index in [0.29, 0.717) is 6.61 Å². The number of hydrogen-bond donors (Lipinski definition) is 1. The normalized spacial score (nSPS) is 12.3. The van der Waals surface area contributed by atoms with Crippen molar-refractivity contribution < 1.29 is 9.23 Å². The van der Waals surface area contributed by atoms with Crippen LogP contribution >= 0.6 is 0 Å². The first kappa shape index (κ1) is 12.7. The van der Waals surface area contributed by atoms with Gasteiger partial charge in [-0.1, -0.05) is 30.3 Å². The highest BCUT2D eigenvalue weighted by Gasteiger charge is 2.06. The second-order valence-electron chi connectivity index (χ2n) is 4.05. The molecule has 1 N–H and O–H groups in total. The van der Waals surface area contributed by atoms with Gasteiger partial charge >= 0.3 is 0 Å². The number of halogens is 1. The first-order valence-electron chi connectivity index (χ1n) is 5.77. The number of nitrogens with zero attached hydrogens (tertiary/aromatic N) is 1. The van der Waals surface area contributed by atoms with Gasteiger partial charge in [0.05, 0.1) is 18.8 Å². The molecule has 1 aromatic carbocycles. The summed E-state index contributed by atoms with van der Waals surface area (Å²) in [7, 11) is 0. The molecule has 1 unspecified atom stereocenters. The van der Waals surface area contributed by atoms with Crippen LogP contribution in [-0.2, 0) is 11.4 Å². The van der Waals surface area contributed by atoms with Crippen LogP contribution in [0.5, 0.6) is 0 Å². The fraction of sp³-hybridized carbons (Fsp3) is 0.214. The van der Waals surface area contributed by atoms with E-state index in [9.17, 15) is 4.39 Å².